The van der Waals surface area contributed by atoms with Crippen molar-refractivity contribution in [2.45, 2.75) is 0 Å². The minimum absolute atomic E-state index is 0. The molecule has 8 N–H and O–H groups in total. The molecule has 0 bridgehead atoms. The molecular weight excluding hydrogens is 507 g/mol. The first-order valence-corrected chi connectivity index (χ1v) is 10.9. The number of rotatable bonds is 6. The molecule has 0 aliphatic carbocycles. The number of anilines is 4. The molecule has 1 heterocycles. The van der Waals surface area contributed by atoms with Crippen LogP contribution in [0.25, 0.3) is 0 Å². The number of benzene rings is 2. The Labute approximate surface area is 213 Å². The van der Waals surface area contributed by atoms with E-state index in [1.54, 1.807) is 0 Å². The van der Waals surface area contributed by atoms with Crippen molar-refractivity contribution in [3.05, 3.63) is 34.3 Å². The van der Waals surface area contributed by atoms with Gasteiger partial charge in [0.25, 0.3) is 5.91 Å². The summed E-state index contributed by atoms with van der Waals surface area (Å²) in [7, 11) is 1.96. The topological polar surface area (TPSA) is 154 Å². The minimum Gasteiger partial charge on any atom is -1.00 e. The van der Waals surface area contributed by atoms with Crippen LogP contribution in [0.1, 0.15) is 0 Å². The molecule has 1 aliphatic heterocycles. The van der Waals surface area contributed by atoms with E-state index in [-0.39, 0.29) is 81.6 Å². The monoisotopic (exact) mass is 532 g/mol. The molecule has 34 heavy (non-hydrogen) atoms. The van der Waals surface area contributed by atoms with Gasteiger partial charge in [-0.25, -0.2) is 0 Å². The van der Waals surface area contributed by atoms with E-state index in [1.165, 1.54) is 24.3 Å². The summed E-state index contributed by atoms with van der Waals surface area (Å²) in [5.41, 5.74) is 12.1. The number of carbonyl (C=O) groups is 2. The van der Waals surface area contributed by atoms with Crippen molar-refractivity contribution in [3.63, 3.8) is 0 Å². The van der Waals surface area contributed by atoms with E-state index in [4.69, 9.17) is 34.7 Å². The maximum absolute atomic E-state index is 12.5. The molecule has 0 atom stereocenters. The predicted molar refractivity (Wildman–Crippen MR) is 130 cm³/mol. The fraction of sp³-hybridized carbons (Fsp3) is 0.333. The molecule has 0 unspecified atom stereocenters. The molecule has 3 rings (SSSR count). The Balaban J connectivity index is 0.00000408. The fourth-order valence-corrected chi connectivity index (χ4v) is 3.92. The standard InChI is InChI=1S/C21H26Cl2N6O4.ClH/c1-29(11-21(33)27-17-7-13(23)15(25)9-19(17)31)4-2-28(3-5-29)10-20(32)26-16-6-12(22)14(24)8-18(16)30;/h6-9H,2-5,10-11,24-25H2,1H3,(H3-,26,27,30,31,32,33);1H. The van der Waals surface area contributed by atoms with Gasteiger partial charge in [-0.15, -0.1) is 0 Å². The van der Waals surface area contributed by atoms with Gasteiger partial charge in [0.2, 0.25) is 5.91 Å². The van der Waals surface area contributed by atoms with E-state index >= 15 is 0 Å². The van der Waals surface area contributed by atoms with Crippen molar-refractivity contribution < 1.29 is 36.7 Å². The molecule has 10 nitrogen and oxygen atoms in total. The van der Waals surface area contributed by atoms with Gasteiger partial charge in [-0.3, -0.25) is 14.5 Å². The third kappa shape index (κ3) is 6.94. The Bertz CT molecular complexity index is 1080. The fourth-order valence-electron chi connectivity index (χ4n) is 3.59. The highest BCUT2D eigenvalue weighted by atomic mass is 35.5. The van der Waals surface area contributed by atoms with Crippen molar-refractivity contribution in [2.75, 3.05) is 68.4 Å². The van der Waals surface area contributed by atoms with Gasteiger partial charge in [0, 0.05) is 25.2 Å². The molecule has 0 radical (unpaired) electrons. The molecule has 1 saturated heterocycles. The number of carbonyl (C=O) groups excluding carboxylic acids is 2. The second-order valence-electron chi connectivity index (χ2n) is 8.38. The van der Waals surface area contributed by atoms with Crippen molar-refractivity contribution >= 4 is 57.8 Å². The highest BCUT2D eigenvalue weighted by molar-refractivity contribution is 6.34. The number of hydrogen-bond donors (Lipinski definition) is 6. The van der Waals surface area contributed by atoms with Crippen molar-refractivity contribution in [1.82, 2.24) is 4.90 Å². The van der Waals surface area contributed by atoms with Crippen LogP contribution < -0.4 is 34.5 Å². The molecular formula is C21H27Cl3N6O4. The van der Waals surface area contributed by atoms with Crippen LogP contribution in [0.15, 0.2) is 24.3 Å². The SMILES string of the molecule is C[N+]1(CC(=O)Nc2cc(Cl)c(N)cc2O)CCN(CC(=O)Nc2cc(Cl)c(N)cc2O)CC1.[Cl-]. The largest absolute Gasteiger partial charge is 1.00 e. The van der Waals surface area contributed by atoms with Crippen molar-refractivity contribution in [1.29, 1.82) is 0 Å². The Kier molecular flexibility index (Phi) is 9.09. The summed E-state index contributed by atoms with van der Waals surface area (Å²) in [6.45, 7) is 2.82. The van der Waals surface area contributed by atoms with Gasteiger partial charge in [-0.2, -0.15) is 0 Å². The lowest BCUT2D eigenvalue weighted by Crippen LogP contribution is -3.00. The van der Waals surface area contributed by atoms with E-state index in [2.05, 4.69) is 10.6 Å². The molecule has 0 saturated carbocycles. The van der Waals surface area contributed by atoms with Crippen LogP contribution >= 0.6 is 23.2 Å². The van der Waals surface area contributed by atoms with Crippen LogP contribution in [0.4, 0.5) is 22.7 Å². The number of nitrogens with zero attached hydrogens (tertiary/aromatic N) is 2. The van der Waals surface area contributed by atoms with Crippen molar-refractivity contribution in [3.8, 4) is 11.5 Å². The summed E-state index contributed by atoms with van der Waals surface area (Å²) in [5.74, 6) is -0.879. The summed E-state index contributed by atoms with van der Waals surface area (Å²) in [4.78, 5) is 26.9. The zero-order valence-electron chi connectivity index (χ0n) is 18.4. The molecule has 1 fully saturated rings. The number of amides is 2. The van der Waals surface area contributed by atoms with Crippen LogP contribution in [-0.2, 0) is 9.59 Å². The zero-order chi connectivity index (χ0) is 24.3. The lowest BCUT2D eigenvalue weighted by atomic mass is 10.2. The Morgan fingerprint density at radius 2 is 1.38 bits per heavy atom. The maximum Gasteiger partial charge on any atom is 0.279 e. The van der Waals surface area contributed by atoms with Gasteiger partial charge >= 0.3 is 0 Å². The number of phenols is 2. The number of nitrogens with two attached hydrogens (primary N) is 2. The van der Waals surface area contributed by atoms with Gasteiger partial charge in [0.15, 0.2) is 6.54 Å². The summed E-state index contributed by atoms with van der Waals surface area (Å²) >= 11 is 11.9. The van der Waals surface area contributed by atoms with E-state index in [0.29, 0.717) is 30.7 Å². The van der Waals surface area contributed by atoms with Crippen LogP contribution in [-0.4, -0.2) is 77.7 Å². The molecule has 1 aliphatic rings. The Morgan fingerprint density at radius 1 is 0.941 bits per heavy atom. The quantitative estimate of drug-likeness (QED) is 0.157. The number of quaternary nitrogens is 1. The lowest BCUT2D eigenvalue weighted by Gasteiger charge is -2.41. The van der Waals surface area contributed by atoms with Gasteiger partial charge in [-0.05, 0) is 12.1 Å². The first kappa shape index (κ1) is 27.6. The number of likely N-dealkylation sites (N-methyl/N-ethyl adjacent to an activating group) is 1. The smallest absolute Gasteiger partial charge is 0.279 e. The van der Waals surface area contributed by atoms with Gasteiger partial charge < -0.3 is 49.2 Å². The highest BCUT2D eigenvalue weighted by Gasteiger charge is 2.32. The highest BCUT2D eigenvalue weighted by Crippen LogP contribution is 2.33. The number of phenolic OH excluding ortho intramolecular Hbond substituents is 2. The number of nitrogens with one attached hydrogen (secondary N) is 2. The number of piperazine rings is 1. The van der Waals surface area contributed by atoms with Gasteiger partial charge in [0.05, 0.1) is 59.5 Å². The Morgan fingerprint density at radius 3 is 1.85 bits per heavy atom. The predicted octanol–water partition coefficient (Wildman–Crippen LogP) is -1.09. The third-order valence-corrected chi connectivity index (χ3v) is 6.24. The molecule has 13 heteroatoms. The summed E-state index contributed by atoms with van der Waals surface area (Å²) in [6, 6.07) is 5.38. The molecule has 0 aromatic heterocycles. The average molecular weight is 534 g/mol. The lowest BCUT2D eigenvalue weighted by molar-refractivity contribution is -0.905. The second-order valence-corrected chi connectivity index (χ2v) is 9.19. The Hall–Kier alpha value is -2.63. The summed E-state index contributed by atoms with van der Waals surface area (Å²) < 4.78 is 0.474. The average Bonchev–Trinajstić information content (AvgIpc) is 2.72. The minimum atomic E-state index is -0.296. The first-order valence-electron chi connectivity index (χ1n) is 10.2. The van der Waals surface area contributed by atoms with Gasteiger partial charge in [0.1, 0.15) is 11.5 Å². The maximum atomic E-state index is 12.5. The van der Waals surface area contributed by atoms with Crippen LogP contribution in [0.5, 0.6) is 11.5 Å². The molecule has 0 spiro atoms. The van der Waals surface area contributed by atoms with Crippen LogP contribution in [0.3, 0.4) is 0 Å². The second kappa shape index (κ2) is 11.2. The van der Waals surface area contributed by atoms with Crippen LogP contribution in [0, 0.1) is 0 Å². The molecule has 2 amide bonds. The number of hydrogen-bond acceptors (Lipinski definition) is 7. The normalized spacial score (nSPS) is 15.3. The molecule has 186 valence electrons. The van der Waals surface area contributed by atoms with Gasteiger partial charge in [-0.1, -0.05) is 23.2 Å². The zero-order valence-corrected chi connectivity index (χ0v) is 20.7. The summed E-state index contributed by atoms with van der Waals surface area (Å²) in [6.07, 6.45) is 0. The van der Waals surface area contributed by atoms with E-state index in [0.717, 1.165) is 0 Å². The summed E-state index contributed by atoms with van der Waals surface area (Å²) in [5, 5.41) is 25.7. The number of halogens is 3. The number of nitrogen functional groups attached to an aromatic ring is 2. The van der Waals surface area contributed by atoms with E-state index in [1.807, 2.05) is 11.9 Å². The molecule has 2 aromatic carbocycles. The van der Waals surface area contributed by atoms with E-state index in [9.17, 15) is 19.8 Å². The third-order valence-electron chi connectivity index (χ3n) is 5.58. The van der Waals surface area contributed by atoms with E-state index < -0.39 is 0 Å². The van der Waals surface area contributed by atoms with Crippen LogP contribution in [0.2, 0.25) is 10.0 Å². The number of aromatic hydroxyl groups is 2. The molecule has 2 aromatic rings. The van der Waals surface area contributed by atoms with Crippen molar-refractivity contribution in [2.24, 2.45) is 0 Å². The first-order chi connectivity index (χ1) is 15.5.